The van der Waals surface area contributed by atoms with Gasteiger partial charge >= 0.3 is 0 Å². The van der Waals surface area contributed by atoms with Crippen molar-refractivity contribution in [3.63, 3.8) is 0 Å². The highest BCUT2D eigenvalue weighted by atomic mass is 35.5. The first kappa shape index (κ1) is 15.3. The fourth-order valence-corrected chi connectivity index (χ4v) is 4.36. The van der Waals surface area contributed by atoms with Gasteiger partial charge in [0.05, 0.1) is 5.75 Å². The van der Waals surface area contributed by atoms with Crippen molar-refractivity contribution in [3.05, 3.63) is 0 Å². The van der Waals surface area contributed by atoms with Crippen LogP contribution in [0.5, 0.6) is 0 Å². The summed E-state index contributed by atoms with van der Waals surface area (Å²) in [6, 6.07) is -0.0823. The maximum atomic E-state index is 12.0. The lowest BCUT2D eigenvalue weighted by Crippen LogP contribution is -2.40. The molecule has 1 rings (SSSR count). The molecule has 3 nitrogen and oxygen atoms in total. The van der Waals surface area contributed by atoms with Gasteiger partial charge in [-0.1, -0.05) is 26.2 Å². The molecule has 1 fully saturated rings. The van der Waals surface area contributed by atoms with Crippen LogP contribution in [0, 0.1) is 11.8 Å². The van der Waals surface area contributed by atoms with E-state index in [4.69, 9.17) is 11.6 Å². The maximum absolute atomic E-state index is 12.0. The van der Waals surface area contributed by atoms with E-state index >= 15 is 0 Å². The molecule has 1 N–H and O–H groups in total. The van der Waals surface area contributed by atoms with Gasteiger partial charge in [-0.2, -0.15) is 0 Å². The SMILES string of the molecule is CC(CCl)C(C)NS(=O)(=O)CC1CCCCC1. The van der Waals surface area contributed by atoms with Crippen molar-refractivity contribution in [1.29, 1.82) is 0 Å². The Kier molecular flexibility index (Phi) is 6.24. The molecular formula is C12H24ClNO2S. The number of nitrogens with one attached hydrogen (secondary N) is 1. The van der Waals surface area contributed by atoms with Gasteiger partial charge in [0.2, 0.25) is 10.0 Å². The second kappa shape index (κ2) is 6.95. The molecule has 0 aromatic rings. The largest absolute Gasteiger partial charge is 0.212 e. The van der Waals surface area contributed by atoms with Crippen molar-refractivity contribution in [2.75, 3.05) is 11.6 Å². The van der Waals surface area contributed by atoms with Gasteiger partial charge in [0.25, 0.3) is 0 Å². The predicted molar refractivity (Wildman–Crippen MR) is 72.8 cm³/mol. The minimum Gasteiger partial charge on any atom is -0.212 e. The number of sulfonamides is 1. The van der Waals surface area contributed by atoms with Crippen LogP contribution in [0.4, 0.5) is 0 Å². The summed E-state index contributed by atoms with van der Waals surface area (Å²) in [6.07, 6.45) is 5.71. The minimum atomic E-state index is -3.14. The number of alkyl halides is 1. The van der Waals surface area contributed by atoms with Crippen LogP contribution < -0.4 is 4.72 Å². The second-order valence-electron chi connectivity index (χ2n) is 5.32. The molecule has 0 aromatic heterocycles. The zero-order chi connectivity index (χ0) is 12.9. The van der Waals surface area contributed by atoms with Gasteiger partial charge < -0.3 is 0 Å². The molecular weight excluding hydrogens is 258 g/mol. The van der Waals surface area contributed by atoms with Crippen LogP contribution in [0.1, 0.15) is 46.0 Å². The van der Waals surface area contributed by atoms with E-state index in [1.165, 1.54) is 19.3 Å². The molecule has 0 radical (unpaired) electrons. The molecule has 17 heavy (non-hydrogen) atoms. The van der Waals surface area contributed by atoms with Crippen molar-refractivity contribution in [3.8, 4) is 0 Å². The first-order valence-electron chi connectivity index (χ1n) is 6.50. The third-order valence-electron chi connectivity index (χ3n) is 3.64. The summed E-state index contributed by atoms with van der Waals surface area (Å²) in [5, 5.41) is 0. The Morgan fingerprint density at radius 3 is 2.35 bits per heavy atom. The van der Waals surface area contributed by atoms with Crippen molar-refractivity contribution < 1.29 is 8.42 Å². The lowest BCUT2D eigenvalue weighted by molar-refractivity contribution is 0.381. The van der Waals surface area contributed by atoms with Crippen molar-refractivity contribution in [2.45, 2.75) is 52.0 Å². The molecule has 1 aliphatic rings. The van der Waals surface area contributed by atoms with Crippen molar-refractivity contribution in [2.24, 2.45) is 11.8 Å². The third kappa shape index (κ3) is 5.58. The van der Waals surface area contributed by atoms with E-state index in [-0.39, 0.29) is 17.7 Å². The summed E-state index contributed by atoms with van der Waals surface area (Å²) >= 11 is 5.73. The molecule has 0 heterocycles. The van der Waals surface area contributed by atoms with Gasteiger partial charge in [-0.3, -0.25) is 0 Å². The second-order valence-corrected chi connectivity index (χ2v) is 7.43. The van der Waals surface area contributed by atoms with Crippen LogP contribution in [-0.2, 0) is 10.0 Å². The van der Waals surface area contributed by atoms with Gasteiger partial charge in [0.15, 0.2) is 0 Å². The Morgan fingerprint density at radius 1 is 1.24 bits per heavy atom. The third-order valence-corrected chi connectivity index (χ3v) is 5.77. The standard InChI is InChI=1S/C12H24ClNO2S/c1-10(8-13)11(2)14-17(15,16)9-12-6-4-3-5-7-12/h10-12,14H,3-9H2,1-2H3. The van der Waals surface area contributed by atoms with E-state index < -0.39 is 10.0 Å². The average Bonchev–Trinajstić information content (AvgIpc) is 2.27. The summed E-state index contributed by atoms with van der Waals surface area (Å²) < 4.78 is 26.7. The number of halogens is 1. The Labute approximate surface area is 110 Å². The van der Waals surface area contributed by atoms with Crippen LogP contribution in [0.3, 0.4) is 0 Å². The predicted octanol–water partition coefficient (Wildman–Crippen LogP) is 2.75. The quantitative estimate of drug-likeness (QED) is 0.761. The van der Waals surface area contributed by atoms with Crippen LogP contribution >= 0.6 is 11.6 Å². The van der Waals surface area contributed by atoms with Crippen LogP contribution in [-0.4, -0.2) is 26.1 Å². The molecule has 1 saturated carbocycles. The highest BCUT2D eigenvalue weighted by Crippen LogP contribution is 2.24. The van der Waals surface area contributed by atoms with E-state index in [0.29, 0.717) is 11.8 Å². The smallest absolute Gasteiger partial charge is 0.212 e. The molecule has 1 aliphatic carbocycles. The van der Waals surface area contributed by atoms with Gasteiger partial charge in [-0.15, -0.1) is 11.6 Å². The number of hydrogen-bond donors (Lipinski definition) is 1. The molecule has 2 unspecified atom stereocenters. The van der Waals surface area contributed by atoms with Gasteiger partial charge in [-0.25, -0.2) is 13.1 Å². The Balaban J connectivity index is 2.44. The molecule has 102 valence electrons. The lowest BCUT2D eigenvalue weighted by atomic mass is 9.91. The summed E-state index contributed by atoms with van der Waals surface area (Å²) in [5.41, 5.74) is 0. The summed E-state index contributed by atoms with van der Waals surface area (Å²) in [6.45, 7) is 3.84. The summed E-state index contributed by atoms with van der Waals surface area (Å²) in [7, 11) is -3.14. The molecule has 0 aliphatic heterocycles. The van der Waals surface area contributed by atoms with E-state index in [1.54, 1.807) is 0 Å². The summed E-state index contributed by atoms with van der Waals surface area (Å²) in [4.78, 5) is 0. The van der Waals surface area contributed by atoms with Gasteiger partial charge in [0, 0.05) is 11.9 Å². The molecule has 5 heteroatoms. The molecule has 0 spiro atoms. The van der Waals surface area contributed by atoms with E-state index in [2.05, 4.69) is 4.72 Å². The highest BCUT2D eigenvalue weighted by Gasteiger charge is 2.24. The normalized spacial score (nSPS) is 22.3. The van der Waals surface area contributed by atoms with Crippen molar-refractivity contribution in [1.82, 2.24) is 4.72 Å². The molecule has 0 saturated heterocycles. The lowest BCUT2D eigenvalue weighted by Gasteiger charge is -2.24. The molecule has 2 atom stereocenters. The summed E-state index contributed by atoms with van der Waals surface area (Å²) in [5.74, 6) is 1.27. The first-order chi connectivity index (χ1) is 7.94. The zero-order valence-electron chi connectivity index (χ0n) is 10.8. The zero-order valence-corrected chi connectivity index (χ0v) is 12.4. The van der Waals surface area contributed by atoms with E-state index in [0.717, 1.165) is 12.8 Å². The Hall–Kier alpha value is 0.200. The average molecular weight is 282 g/mol. The van der Waals surface area contributed by atoms with Crippen LogP contribution in [0.25, 0.3) is 0 Å². The number of rotatable bonds is 6. The highest BCUT2D eigenvalue weighted by molar-refractivity contribution is 7.89. The molecule has 0 aromatic carbocycles. The van der Waals surface area contributed by atoms with Crippen molar-refractivity contribution >= 4 is 21.6 Å². The van der Waals surface area contributed by atoms with Gasteiger partial charge in [0.1, 0.15) is 0 Å². The first-order valence-corrected chi connectivity index (χ1v) is 8.69. The van der Waals surface area contributed by atoms with Crippen LogP contribution in [0.2, 0.25) is 0 Å². The van der Waals surface area contributed by atoms with E-state index in [1.807, 2.05) is 13.8 Å². The Bertz CT molecular complexity index is 302. The van der Waals surface area contributed by atoms with Gasteiger partial charge in [-0.05, 0) is 31.6 Å². The Morgan fingerprint density at radius 2 is 1.82 bits per heavy atom. The van der Waals surface area contributed by atoms with Crippen LogP contribution in [0.15, 0.2) is 0 Å². The maximum Gasteiger partial charge on any atom is 0.212 e. The fraction of sp³-hybridized carbons (Fsp3) is 1.00. The fourth-order valence-electron chi connectivity index (χ4n) is 2.25. The minimum absolute atomic E-state index is 0.0823. The topological polar surface area (TPSA) is 46.2 Å². The van der Waals surface area contributed by atoms with E-state index in [9.17, 15) is 8.42 Å². The number of hydrogen-bond acceptors (Lipinski definition) is 2. The monoisotopic (exact) mass is 281 g/mol. The molecule has 0 bridgehead atoms. The molecule has 0 amide bonds.